The Morgan fingerprint density at radius 3 is 2.87 bits per heavy atom. The minimum absolute atomic E-state index is 0.0260. The van der Waals surface area contributed by atoms with Gasteiger partial charge in [0, 0.05) is 39.8 Å². The summed E-state index contributed by atoms with van der Waals surface area (Å²) in [5, 5.41) is 2.95. The molecule has 1 atom stereocenters. The smallest absolute Gasteiger partial charge is 0.317 e. The van der Waals surface area contributed by atoms with Gasteiger partial charge in [-0.05, 0) is 37.6 Å². The third-order valence-corrected chi connectivity index (χ3v) is 4.13. The molecule has 1 aliphatic heterocycles. The molecule has 2 rings (SSSR count). The van der Waals surface area contributed by atoms with Gasteiger partial charge in [0.1, 0.15) is 5.82 Å². The van der Waals surface area contributed by atoms with E-state index in [1.54, 1.807) is 19.2 Å². The van der Waals surface area contributed by atoms with Crippen LogP contribution in [-0.2, 0) is 11.3 Å². The number of piperidine rings is 1. The summed E-state index contributed by atoms with van der Waals surface area (Å²) in [6, 6.07) is 6.47. The summed E-state index contributed by atoms with van der Waals surface area (Å²) in [5.74, 6) is -0.223. The Bertz CT molecular complexity index is 495. The number of amides is 2. The van der Waals surface area contributed by atoms with Gasteiger partial charge < -0.3 is 19.9 Å². The number of carbonyl (C=O) groups is 1. The second kappa shape index (κ2) is 8.84. The summed E-state index contributed by atoms with van der Waals surface area (Å²) < 4.78 is 18.2. The number of nitrogens with zero attached hydrogens (tertiary/aromatic N) is 2. The lowest BCUT2D eigenvalue weighted by molar-refractivity contribution is 0.0434. The van der Waals surface area contributed by atoms with E-state index >= 15 is 0 Å². The van der Waals surface area contributed by atoms with Gasteiger partial charge in [-0.15, -0.1) is 0 Å². The number of rotatable bonds is 6. The Hall–Kier alpha value is -1.66. The summed E-state index contributed by atoms with van der Waals surface area (Å²) in [6.45, 7) is 3.51. The quantitative estimate of drug-likeness (QED) is 0.872. The maximum Gasteiger partial charge on any atom is 0.317 e. The third kappa shape index (κ3) is 5.80. The molecular formula is C17H26FN3O2. The normalized spacial score (nSPS) is 18.3. The van der Waals surface area contributed by atoms with E-state index in [2.05, 4.69) is 10.2 Å². The van der Waals surface area contributed by atoms with Gasteiger partial charge in [-0.1, -0.05) is 12.1 Å². The minimum atomic E-state index is -0.223. The Morgan fingerprint density at radius 1 is 1.43 bits per heavy atom. The van der Waals surface area contributed by atoms with Crippen LogP contribution in [0.1, 0.15) is 18.4 Å². The van der Waals surface area contributed by atoms with Crippen LogP contribution in [0, 0.1) is 5.82 Å². The number of likely N-dealkylation sites (tertiary alicyclic amines) is 1. The summed E-state index contributed by atoms with van der Waals surface area (Å²) >= 11 is 0. The molecule has 2 amide bonds. The lowest BCUT2D eigenvalue weighted by Gasteiger charge is -2.32. The van der Waals surface area contributed by atoms with Crippen molar-refractivity contribution < 1.29 is 13.9 Å². The molecule has 0 unspecified atom stereocenters. The minimum Gasteiger partial charge on any atom is -0.380 e. The van der Waals surface area contributed by atoms with Gasteiger partial charge in [0.05, 0.1) is 6.10 Å². The molecular weight excluding hydrogens is 297 g/mol. The van der Waals surface area contributed by atoms with E-state index in [0.29, 0.717) is 13.1 Å². The third-order valence-electron chi connectivity index (χ3n) is 4.13. The number of halogens is 1. The molecule has 0 saturated carbocycles. The monoisotopic (exact) mass is 323 g/mol. The van der Waals surface area contributed by atoms with Crippen LogP contribution in [0.25, 0.3) is 0 Å². The molecule has 0 spiro atoms. The fraction of sp³-hybridized carbons (Fsp3) is 0.588. The average Bonchev–Trinajstić information content (AvgIpc) is 2.57. The number of carbonyl (C=O) groups excluding carboxylic acids is 1. The van der Waals surface area contributed by atoms with Crippen LogP contribution < -0.4 is 5.32 Å². The van der Waals surface area contributed by atoms with E-state index in [1.807, 2.05) is 11.9 Å². The first kappa shape index (κ1) is 17.7. The highest BCUT2D eigenvalue weighted by Crippen LogP contribution is 2.12. The molecule has 23 heavy (non-hydrogen) atoms. The van der Waals surface area contributed by atoms with E-state index < -0.39 is 0 Å². The van der Waals surface area contributed by atoms with Crippen molar-refractivity contribution in [2.75, 3.05) is 40.3 Å². The zero-order chi connectivity index (χ0) is 16.7. The molecule has 1 aliphatic rings. The topological polar surface area (TPSA) is 44.8 Å². The van der Waals surface area contributed by atoms with Crippen molar-refractivity contribution in [3.63, 3.8) is 0 Å². The Morgan fingerprint density at radius 2 is 2.17 bits per heavy atom. The average molecular weight is 323 g/mol. The number of hydrogen-bond acceptors (Lipinski definition) is 3. The number of ether oxygens (including phenoxy) is 1. The van der Waals surface area contributed by atoms with Crippen LogP contribution in [0.4, 0.5) is 9.18 Å². The lowest BCUT2D eigenvalue weighted by atomic mass is 10.1. The first-order chi connectivity index (χ1) is 11.1. The molecule has 6 heteroatoms. The lowest BCUT2D eigenvalue weighted by Crippen LogP contribution is -2.48. The molecule has 1 aromatic rings. The van der Waals surface area contributed by atoms with E-state index in [0.717, 1.165) is 38.0 Å². The van der Waals surface area contributed by atoms with Crippen molar-refractivity contribution in [2.24, 2.45) is 0 Å². The van der Waals surface area contributed by atoms with Crippen LogP contribution in [-0.4, -0.2) is 62.3 Å². The van der Waals surface area contributed by atoms with Crippen molar-refractivity contribution >= 4 is 6.03 Å². The standard InChI is InChI=1S/C17H26FN3O2/c1-20(12-14-5-7-15(18)8-6-14)11-9-19-17(22)21-10-3-4-16(13-21)23-2/h5-8,16H,3-4,9-13H2,1-2H3,(H,19,22)/t16-/m0/s1. The van der Waals surface area contributed by atoms with Gasteiger partial charge in [0.2, 0.25) is 0 Å². The fourth-order valence-electron chi connectivity index (χ4n) is 2.76. The predicted octanol–water partition coefficient (Wildman–Crippen LogP) is 2.08. The number of hydrogen-bond donors (Lipinski definition) is 1. The molecule has 128 valence electrons. The maximum atomic E-state index is 12.9. The second-order valence-corrected chi connectivity index (χ2v) is 6.04. The van der Waals surface area contributed by atoms with Gasteiger partial charge in [0.25, 0.3) is 0 Å². The highest BCUT2D eigenvalue weighted by molar-refractivity contribution is 5.74. The van der Waals surface area contributed by atoms with Crippen LogP contribution in [0.2, 0.25) is 0 Å². The Balaban J connectivity index is 1.67. The molecule has 1 saturated heterocycles. The highest BCUT2D eigenvalue weighted by atomic mass is 19.1. The van der Waals surface area contributed by atoms with E-state index in [9.17, 15) is 9.18 Å². The molecule has 5 nitrogen and oxygen atoms in total. The SMILES string of the molecule is CO[C@H]1CCCN(C(=O)NCCN(C)Cc2ccc(F)cc2)C1. The summed E-state index contributed by atoms with van der Waals surface area (Å²) in [4.78, 5) is 16.1. The largest absolute Gasteiger partial charge is 0.380 e. The Labute approximate surface area is 137 Å². The highest BCUT2D eigenvalue weighted by Gasteiger charge is 2.22. The van der Waals surface area contributed by atoms with Gasteiger partial charge >= 0.3 is 6.03 Å². The Kier molecular flexibility index (Phi) is 6.80. The van der Waals surface area contributed by atoms with Gasteiger partial charge in [-0.25, -0.2) is 9.18 Å². The molecule has 0 bridgehead atoms. The summed E-state index contributed by atoms with van der Waals surface area (Å²) in [5.41, 5.74) is 1.05. The van der Waals surface area contributed by atoms with Crippen LogP contribution in [0.5, 0.6) is 0 Å². The van der Waals surface area contributed by atoms with Gasteiger partial charge in [-0.2, -0.15) is 0 Å². The molecule has 1 heterocycles. The molecule has 0 aliphatic carbocycles. The zero-order valence-corrected chi connectivity index (χ0v) is 13.9. The first-order valence-corrected chi connectivity index (χ1v) is 8.07. The molecule has 1 aromatic carbocycles. The van der Waals surface area contributed by atoms with E-state index in [-0.39, 0.29) is 18.0 Å². The number of nitrogens with one attached hydrogen (secondary N) is 1. The van der Waals surface area contributed by atoms with E-state index in [4.69, 9.17) is 4.74 Å². The summed E-state index contributed by atoms with van der Waals surface area (Å²) in [6.07, 6.45) is 2.15. The van der Waals surface area contributed by atoms with Gasteiger partial charge in [0.15, 0.2) is 0 Å². The van der Waals surface area contributed by atoms with Crippen LogP contribution in [0.15, 0.2) is 24.3 Å². The number of benzene rings is 1. The molecule has 1 N–H and O–H groups in total. The van der Waals surface area contributed by atoms with Crippen molar-refractivity contribution in [3.05, 3.63) is 35.6 Å². The van der Waals surface area contributed by atoms with Crippen LogP contribution in [0.3, 0.4) is 0 Å². The number of methoxy groups -OCH3 is 1. The predicted molar refractivity (Wildman–Crippen MR) is 87.7 cm³/mol. The number of urea groups is 1. The molecule has 1 fully saturated rings. The molecule has 0 aromatic heterocycles. The van der Waals surface area contributed by atoms with Crippen molar-refractivity contribution in [2.45, 2.75) is 25.5 Å². The van der Waals surface area contributed by atoms with E-state index in [1.165, 1.54) is 12.1 Å². The zero-order valence-electron chi connectivity index (χ0n) is 13.9. The fourth-order valence-corrected chi connectivity index (χ4v) is 2.76. The summed E-state index contributed by atoms with van der Waals surface area (Å²) in [7, 11) is 3.67. The van der Waals surface area contributed by atoms with Crippen molar-refractivity contribution in [1.82, 2.24) is 15.1 Å². The van der Waals surface area contributed by atoms with Crippen molar-refractivity contribution in [1.29, 1.82) is 0 Å². The maximum absolute atomic E-state index is 12.9. The molecule has 0 radical (unpaired) electrons. The van der Waals surface area contributed by atoms with Gasteiger partial charge in [-0.3, -0.25) is 0 Å². The second-order valence-electron chi connectivity index (χ2n) is 6.04. The number of likely N-dealkylation sites (N-methyl/N-ethyl adjacent to an activating group) is 1. The first-order valence-electron chi connectivity index (χ1n) is 8.07. The van der Waals surface area contributed by atoms with Crippen molar-refractivity contribution in [3.8, 4) is 0 Å². The van der Waals surface area contributed by atoms with Crippen LogP contribution >= 0.6 is 0 Å².